The number of aryl methyl sites for hydroxylation is 2. The van der Waals surface area contributed by atoms with Crippen molar-refractivity contribution in [2.24, 2.45) is 7.05 Å². The monoisotopic (exact) mass is 619 g/mol. The van der Waals surface area contributed by atoms with E-state index in [4.69, 9.17) is 0 Å². The van der Waals surface area contributed by atoms with E-state index in [1.54, 1.807) is 26.1 Å². The number of amides is 1. The molecular formula is C31H27F6N3O4. The van der Waals surface area contributed by atoms with E-state index in [9.17, 15) is 45.8 Å². The SMILES string of the molecule is CC[C@@H](Nc1cc(F)c(C(=O)N[C@@H](Cc2ccc(-c3c(C)c4cc(F)ccc4n(C)c3=O)cc2)C(=O)O)c(F)c1)C(F)(F)F. The fraction of sp³-hybridized carbons (Fsp3) is 0.258. The molecule has 0 radical (unpaired) electrons. The quantitative estimate of drug-likeness (QED) is 0.197. The number of aromatic nitrogens is 1. The molecule has 0 aliphatic carbocycles. The number of anilines is 1. The minimum absolute atomic E-state index is 0.310. The second-order valence-corrected chi connectivity index (χ2v) is 10.3. The van der Waals surface area contributed by atoms with E-state index in [2.05, 4.69) is 0 Å². The number of nitrogens with one attached hydrogen (secondary N) is 2. The molecule has 1 heterocycles. The number of aliphatic carboxylic acids is 1. The number of halogens is 6. The number of fused-ring (bicyclic) bond motifs is 1. The molecule has 232 valence electrons. The molecule has 1 aromatic heterocycles. The predicted octanol–water partition coefficient (Wildman–Crippen LogP) is 6.11. The Hall–Kier alpha value is -4.81. The van der Waals surface area contributed by atoms with E-state index in [0.717, 1.165) is 0 Å². The summed E-state index contributed by atoms with van der Waals surface area (Å²) in [5.41, 5.74) is 0.222. The van der Waals surface area contributed by atoms with E-state index < -0.39 is 65.3 Å². The molecule has 0 spiro atoms. The van der Waals surface area contributed by atoms with Crippen LogP contribution in [0.15, 0.2) is 59.4 Å². The third kappa shape index (κ3) is 6.56. The van der Waals surface area contributed by atoms with Gasteiger partial charge in [-0.2, -0.15) is 13.2 Å². The number of hydrogen-bond acceptors (Lipinski definition) is 4. The van der Waals surface area contributed by atoms with Crippen LogP contribution in [0.2, 0.25) is 0 Å². The van der Waals surface area contributed by atoms with Crippen molar-refractivity contribution in [2.75, 3.05) is 5.32 Å². The molecule has 44 heavy (non-hydrogen) atoms. The number of benzene rings is 3. The summed E-state index contributed by atoms with van der Waals surface area (Å²) in [5, 5.41) is 14.2. The van der Waals surface area contributed by atoms with Crippen LogP contribution in [0.4, 0.5) is 32.0 Å². The van der Waals surface area contributed by atoms with Gasteiger partial charge in [-0.05, 0) is 60.4 Å². The van der Waals surface area contributed by atoms with Gasteiger partial charge < -0.3 is 20.3 Å². The van der Waals surface area contributed by atoms with Crippen LogP contribution in [0.3, 0.4) is 0 Å². The number of carbonyl (C=O) groups is 2. The zero-order chi connectivity index (χ0) is 32.5. The van der Waals surface area contributed by atoms with E-state index in [-0.39, 0.29) is 12.0 Å². The zero-order valence-electron chi connectivity index (χ0n) is 23.7. The molecule has 0 saturated heterocycles. The first-order valence-electron chi connectivity index (χ1n) is 13.4. The smallest absolute Gasteiger partial charge is 0.408 e. The molecule has 13 heteroatoms. The Morgan fingerprint density at radius 1 is 0.977 bits per heavy atom. The molecule has 0 aliphatic heterocycles. The molecule has 3 aromatic carbocycles. The molecule has 1 amide bonds. The first-order chi connectivity index (χ1) is 20.6. The molecule has 7 nitrogen and oxygen atoms in total. The van der Waals surface area contributed by atoms with Gasteiger partial charge in [0.15, 0.2) is 0 Å². The highest BCUT2D eigenvalue weighted by Gasteiger charge is 2.38. The summed E-state index contributed by atoms with van der Waals surface area (Å²) >= 11 is 0. The van der Waals surface area contributed by atoms with E-state index in [1.165, 1.54) is 41.8 Å². The standard InChI is InChI=1S/C31H27F6N3O4/c1-4-25(31(35,36)37)38-19-13-21(33)27(22(34)14-19)28(41)39-23(30(43)44)11-16-5-7-17(8-6-16)26-15(2)20-12-18(32)9-10-24(20)40(3)29(26)42/h5-10,12-14,23,25,38H,4,11H2,1-3H3,(H,39,41)(H,43,44)/t23-,25+/m0/s1. The molecule has 0 fully saturated rings. The van der Waals surface area contributed by atoms with Gasteiger partial charge in [0.25, 0.3) is 11.5 Å². The highest BCUT2D eigenvalue weighted by molar-refractivity contribution is 5.97. The van der Waals surface area contributed by atoms with Gasteiger partial charge in [0.05, 0.1) is 11.1 Å². The third-order valence-corrected chi connectivity index (χ3v) is 7.32. The number of rotatable bonds is 9. The van der Waals surface area contributed by atoms with Crippen LogP contribution in [0.25, 0.3) is 22.0 Å². The molecule has 0 saturated carbocycles. The van der Waals surface area contributed by atoms with Gasteiger partial charge in [0.2, 0.25) is 0 Å². The molecule has 3 N–H and O–H groups in total. The van der Waals surface area contributed by atoms with Gasteiger partial charge in [-0.25, -0.2) is 18.0 Å². The Morgan fingerprint density at radius 2 is 1.59 bits per heavy atom. The molecule has 4 rings (SSSR count). The number of carboxylic acids is 1. The summed E-state index contributed by atoms with van der Waals surface area (Å²) in [7, 11) is 1.56. The van der Waals surface area contributed by atoms with Crippen LogP contribution in [0, 0.1) is 24.4 Å². The molecule has 4 aromatic rings. The van der Waals surface area contributed by atoms with Gasteiger partial charge in [0, 0.05) is 24.5 Å². The van der Waals surface area contributed by atoms with Gasteiger partial charge in [-0.1, -0.05) is 31.2 Å². The van der Waals surface area contributed by atoms with Crippen molar-refractivity contribution in [3.05, 3.63) is 99.1 Å². The molecular weight excluding hydrogens is 592 g/mol. The predicted molar refractivity (Wildman–Crippen MR) is 152 cm³/mol. The van der Waals surface area contributed by atoms with Crippen molar-refractivity contribution in [2.45, 2.75) is 44.9 Å². The highest BCUT2D eigenvalue weighted by Crippen LogP contribution is 2.29. The van der Waals surface area contributed by atoms with E-state index in [0.29, 0.717) is 45.3 Å². The average molecular weight is 620 g/mol. The number of hydrogen-bond donors (Lipinski definition) is 3. The minimum Gasteiger partial charge on any atom is -0.480 e. The zero-order valence-corrected chi connectivity index (χ0v) is 23.7. The van der Waals surface area contributed by atoms with Crippen molar-refractivity contribution in [3.8, 4) is 11.1 Å². The number of carbonyl (C=O) groups excluding carboxylic acids is 1. The Bertz CT molecular complexity index is 1780. The number of nitrogens with zero attached hydrogens (tertiary/aromatic N) is 1. The Labute approximate surface area is 247 Å². The largest absolute Gasteiger partial charge is 0.480 e. The summed E-state index contributed by atoms with van der Waals surface area (Å²) in [6.45, 7) is 2.91. The maximum atomic E-state index is 14.7. The van der Waals surface area contributed by atoms with Gasteiger partial charge in [-0.3, -0.25) is 9.59 Å². The van der Waals surface area contributed by atoms with E-state index in [1.807, 2.05) is 10.6 Å². The lowest BCUT2D eigenvalue weighted by atomic mass is 9.96. The van der Waals surface area contributed by atoms with Crippen LogP contribution in [-0.4, -0.2) is 39.8 Å². The molecule has 2 atom stereocenters. The van der Waals surface area contributed by atoms with Gasteiger partial charge in [-0.15, -0.1) is 0 Å². The summed E-state index contributed by atoms with van der Waals surface area (Å²) in [6.07, 6.45) is -5.42. The van der Waals surface area contributed by atoms with Crippen molar-refractivity contribution >= 4 is 28.5 Å². The number of carboxylic acid groups (broad SMARTS) is 1. The second-order valence-electron chi connectivity index (χ2n) is 10.3. The van der Waals surface area contributed by atoms with Gasteiger partial charge in [0.1, 0.15) is 35.1 Å². The fourth-order valence-electron chi connectivity index (χ4n) is 4.98. The average Bonchev–Trinajstić information content (AvgIpc) is 2.94. The van der Waals surface area contributed by atoms with Crippen molar-refractivity contribution in [3.63, 3.8) is 0 Å². The first kappa shape index (κ1) is 32.1. The summed E-state index contributed by atoms with van der Waals surface area (Å²) in [5.74, 6) is -6.37. The van der Waals surface area contributed by atoms with Crippen LogP contribution >= 0.6 is 0 Å². The highest BCUT2D eigenvalue weighted by atomic mass is 19.4. The van der Waals surface area contributed by atoms with Crippen molar-refractivity contribution in [1.82, 2.24) is 9.88 Å². The minimum atomic E-state index is -4.69. The lowest BCUT2D eigenvalue weighted by Gasteiger charge is -2.21. The number of alkyl halides is 3. The summed E-state index contributed by atoms with van der Waals surface area (Å²) < 4.78 is 83.8. The summed E-state index contributed by atoms with van der Waals surface area (Å²) in [6, 6.07) is 7.54. The maximum Gasteiger partial charge on any atom is 0.408 e. The second kappa shape index (κ2) is 12.4. The Balaban J connectivity index is 1.55. The van der Waals surface area contributed by atoms with Crippen molar-refractivity contribution < 1.29 is 41.0 Å². The van der Waals surface area contributed by atoms with Gasteiger partial charge >= 0.3 is 12.1 Å². The lowest BCUT2D eigenvalue weighted by molar-refractivity contribution is -0.143. The topological polar surface area (TPSA) is 100 Å². The Morgan fingerprint density at radius 3 is 2.14 bits per heavy atom. The first-order valence-corrected chi connectivity index (χ1v) is 13.4. The number of pyridine rings is 1. The van der Waals surface area contributed by atoms with Crippen LogP contribution < -0.4 is 16.2 Å². The molecule has 0 unspecified atom stereocenters. The summed E-state index contributed by atoms with van der Waals surface area (Å²) in [4.78, 5) is 37.7. The van der Waals surface area contributed by atoms with Crippen LogP contribution in [0.5, 0.6) is 0 Å². The van der Waals surface area contributed by atoms with E-state index >= 15 is 0 Å². The lowest BCUT2D eigenvalue weighted by Crippen LogP contribution is -2.43. The third-order valence-electron chi connectivity index (χ3n) is 7.32. The maximum absolute atomic E-state index is 14.7. The van der Waals surface area contributed by atoms with Crippen molar-refractivity contribution in [1.29, 1.82) is 0 Å². The van der Waals surface area contributed by atoms with Crippen LogP contribution in [0.1, 0.15) is 34.8 Å². The van der Waals surface area contributed by atoms with Crippen LogP contribution in [-0.2, 0) is 18.3 Å². The normalized spacial score (nSPS) is 13.0. The molecule has 0 aliphatic rings. The fourth-order valence-corrected chi connectivity index (χ4v) is 4.98. The Kier molecular flexibility index (Phi) is 9.07. The molecule has 0 bridgehead atoms.